The molecule has 1 N–H and O–H groups in total. The predicted molar refractivity (Wildman–Crippen MR) is 122 cm³/mol. The average Bonchev–Trinajstić information content (AvgIpc) is 2.83. The first-order chi connectivity index (χ1) is 15.3. The van der Waals surface area contributed by atoms with E-state index in [4.69, 9.17) is 4.74 Å². The summed E-state index contributed by atoms with van der Waals surface area (Å²) in [7, 11) is 0. The van der Waals surface area contributed by atoms with Gasteiger partial charge in [-0.05, 0) is 37.9 Å². The number of benzene rings is 1. The van der Waals surface area contributed by atoms with Gasteiger partial charge < -0.3 is 15.0 Å². The summed E-state index contributed by atoms with van der Waals surface area (Å²) in [6.45, 7) is 6.96. The summed E-state index contributed by atoms with van der Waals surface area (Å²) in [5.74, 6) is 1.03. The highest BCUT2D eigenvalue weighted by molar-refractivity contribution is 7.99. The molecule has 1 aromatic heterocycles. The molecule has 3 heterocycles. The maximum Gasteiger partial charge on any atom is 0.224 e. The zero-order valence-corrected chi connectivity index (χ0v) is 18.7. The fraction of sp³-hybridized carbons (Fsp3) is 0.522. The number of rotatable bonds is 8. The molecular formula is C23H31N5O2S. The maximum absolute atomic E-state index is 12.8. The van der Waals surface area contributed by atoms with Gasteiger partial charge in [0.1, 0.15) is 5.03 Å². The third-order valence-corrected chi connectivity index (χ3v) is 6.74. The van der Waals surface area contributed by atoms with E-state index in [1.807, 2.05) is 18.2 Å². The molecule has 0 aliphatic carbocycles. The van der Waals surface area contributed by atoms with Gasteiger partial charge in [0.25, 0.3) is 0 Å². The zero-order valence-electron chi connectivity index (χ0n) is 17.9. The molecule has 2 fully saturated rings. The van der Waals surface area contributed by atoms with Crippen LogP contribution in [-0.4, -0.2) is 73.3 Å². The first-order valence-corrected chi connectivity index (χ1v) is 12.0. The normalized spacial score (nSPS) is 19.9. The molecule has 2 aliphatic heterocycles. The van der Waals surface area contributed by atoms with Gasteiger partial charge in [-0.15, -0.1) is 0 Å². The van der Waals surface area contributed by atoms with Crippen LogP contribution in [0.25, 0.3) is 0 Å². The summed E-state index contributed by atoms with van der Waals surface area (Å²) < 4.78 is 5.38. The summed E-state index contributed by atoms with van der Waals surface area (Å²) >= 11 is 1.62. The quantitative estimate of drug-likeness (QED) is 0.632. The number of aromatic nitrogens is 2. The minimum absolute atomic E-state index is 0.00582. The SMILES string of the molecule is O=C(NCCCN1CCOCC1)[C@@H]1CCCN(c2nccnc2Sc2ccccc2)C1. The van der Waals surface area contributed by atoms with Gasteiger partial charge >= 0.3 is 0 Å². The zero-order chi connectivity index (χ0) is 21.3. The fourth-order valence-electron chi connectivity index (χ4n) is 4.07. The summed E-state index contributed by atoms with van der Waals surface area (Å²) in [5.41, 5.74) is 0. The largest absolute Gasteiger partial charge is 0.379 e. The predicted octanol–water partition coefficient (Wildman–Crippen LogP) is 2.68. The van der Waals surface area contributed by atoms with Crippen LogP contribution in [0, 0.1) is 5.92 Å². The Labute approximate surface area is 188 Å². The number of anilines is 1. The molecule has 8 heteroatoms. The maximum atomic E-state index is 12.8. The Hall–Kier alpha value is -2.16. The fourth-order valence-corrected chi connectivity index (χ4v) is 4.98. The second-order valence-corrected chi connectivity index (χ2v) is 9.05. The highest BCUT2D eigenvalue weighted by Gasteiger charge is 2.28. The molecule has 2 saturated heterocycles. The van der Waals surface area contributed by atoms with Gasteiger partial charge in [-0.2, -0.15) is 0 Å². The smallest absolute Gasteiger partial charge is 0.224 e. The number of ether oxygens (including phenoxy) is 1. The van der Waals surface area contributed by atoms with Crippen molar-refractivity contribution < 1.29 is 9.53 Å². The van der Waals surface area contributed by atoms with Crippen LogP contribution in [0.15, 0.2) is 52.6 Å². The first kappa shape index (κ1) is 22.0. The summed E-state index contributed by atoms with van der Waals surface area (Å²) in [5, 5.41) is 4.04. The highest BCUT2D eigenvalue weighted by atomic mass is 32.2. The van der Waals surface area contributed by atoms with Crippen molar-refractivity contribution in [2.75, 3.05) is 57.4 Å². The van der Waals surface area contributed by atoms with E-state index in [-0.39, 0.29) is 11.8 Å². The molecule has 2 aliphatic rings. The van der Waals surface area contributed by atoms with Gasteiger partial charge in [0.15, 0.2) is 5.82 Å². The van der Waals surface area contributed by atoms with Crippen molar-refractivity contribution in [2.45, 2.75) is 29.2 Å². The molecule has 1 aromatic carbocycles. The van der Waals surface area contributed by atoms with Crippen molar-refractivity contribution in [3.8, 4) is 0 Å². The molecule has 1 amide bonds. The molecule has 7 nitrogen and oxygen atoms in total. The van der Waals surface area contributed by atoms with Gasteiger partial charge in [-0.25, -0.2) is 9.97 Å². The number of carbonyl (C=O) groups excluding carboxylic acids is 1. The van der Waals surface area contributed by atoms with E-state index < -0.39 is 0 Å². The standard InChI is InChI=1S/C23H31N5O2S/c29-22(25-9-5-12-27-14-16-30-17-15-27)19-6-4-13-28(18-19)21-23(26-11-10-24-21)31-20-7-2-1-3-8-20/h1-3,7-8,10-11,19H,4-6,9,12-18H2,(H,25,29)/t19-/m1/s1. The monoisotopic (exact) mass is 441 g/mol. The van der Waals surface area contributed by atoms with Gasteiger partial charge in [0, 0.05) is 50.0 Å². The Morgan fingerprint density at radius 3 is 2.77 bits per heavy atom. The second-order valence-electron chi connectivity index (χ2n) is 7.98. The van der Waals surface area contributed by atoms with Crippen molar-refractivity contribution in [2.24, 2.45) is 5.92 Å². The Kier molecular flexibility index (Phi) is 8.15. The highest BCUT2D eigenvalue weighted by Crippen LogP contribution is 2.33. The Morgan fingerprint density at radius 1 is 1.13 bits per heavy atom. The van der Waals surface area contributed by atoms with Crippen molar-refractivity contribution in [3.63, 3.8) is 0 Å². The van der Waals surface area contributed by atoms with Gasteiger partial charge in [0.2, 0.25) is 5.91 Å². The van der Waals surface area contributed by atoms with Gasteiger partial charge in [-0.1, -0.05) is 30.0 Å². The van der Waals surface area contributed by atoms with Crippen LogP contribution in [0.1, 0.15) is 19.3 Å². The molecule has 2 aromatic rings. The van der Waals surface area contributed by atoms with Crippen molar-refractivity contribution in [3.05, 3.63) is 42.7 Å². The van der Waals surface area contributed by atoms with Gasteiger partial charge in [-0.3, -0.25) is 9.69 Å². The van der Waals surface area contributed by atoms with Crippen molar-refractivity contribution in [1.82, 2.24) is 20.2 Å². The number of hydrogen-bond acceptors (Lipinski definition) is 7. The first-order valence-electron chi connectivity index (χ1n) is 11.2. The Balaban J connectivity index is 1.29. The lowest BCUT2D eigenvalue weighted by atomic mass is 9.97. The summed E-state index contributed by atoms with van der Waals surface area (Å²) in [6.07, 6.45) is 6.35. The van der Waals surface area contributed by atoms with E-state index in [1.165, 1.54) is 0 Å². The van der Waals surface area contributed by atoms with Crippen LogP contribution in [0.4, 0.5) is 5.82 Å². The van der Waals surface area contributed by atoms with E-state index in [0.717, 1.165) is 80.9 Å². The molecule has 4 rings (SSSR count). The summed E-state index contributed by atoms with van der Waals surface area (Å²) in [4.78, 5) is 27.7. The average molecular weight is 442 g/mol. The summed E-state index contributed by atoms with van der Waals surface area (Å²) in [6, 6.07) is 10.2. The van der Waals surface area contributed by atoms with Crippen LogP contribution in [0.5, 0.6) is 0 Å². The van der Waals surface area contributed by atoms with Gasteiger partial charge in [0.05, 0.1) is 19.1 Å². The molecule has 1 atom stereocenters. The van der Waals surface area contributed by atoms with Crippen molar-refractivity contribution >= 4 is 23.5 Å². The second kappa shape index (κ2) is 11.5. The molecular weight excluding hydrogens is 410 g/mol. The number of piperidine rings is 1. The van der Waals surface area contributed by atoms with Crippen LogP contribution < -0.4 is 10.2 Å². The molecule has 0 radical (unpaired) electrons. The van der Waals surface area contributed by atoms with E-state index >= 15 is 0 Å². The number of amides is 1. The van der Waals surface area contributed by atoms with E-state index in [1.54, 1.807) is 24.2 Å². The van der Waals surface area contributed by atoms with Crippen LogP contribution in [-0.2, 0) is 9.53 Å². The molecule has 166 valence electrons. The van der Waals surface area contributed by atoms with E-state index in [0.29, 0.717) is 6.54 Å². The minimum atomic E-state index is -0.00582. The van der Waals surface area contributed by atoms with Crippen LogP contribution in [0.3, 0.4) is 0 Å². The third kappa shape index (κ3) is 6.41. The number of carbonyl (C=O) groups is 1. The van der Waals surface area contributed by atoms with E-state index in [2.05, 4.69) is 37.2 Å². The number of nitrogens with zero attached hydrogens (tertiary/aromatic N) is 4. The van der Waals surface area contributed by atoms with Crippen LogP contribution >= 0.6 is 11.8 Å². The molecule has 31 heavy (non-hydrogen) atoms. The molecule has 0 unspecified atom stereocenters. The van der Waals surface area contributed by atoms with E-state index in [9.17, 15) is 4.79 Å². The Morgan fingerprint density at radius 2 is 1.94 bits per heavy atom. The number of hydrogen-bond donors (Lipinski definition) is 1. The van der Waals surface area contributed by atoms with Crippen molar-refractivity contribution in [1.29, 1.82) is 0 Å². The molecule has 0 saturated carbocycles. The lowest BCUT2D eigenvalue weighted by molar-refractivity contribution is -0.125. The van der Waals surface area contributed by atoms with Crippen LogP contribution in [0.2, 0.25) is 0 Å². The molecule has 0 bridgehead atoms. The molecule has 0 spiro atoms. The lowest BCUT2D eigenvalue weighted by Gasteiger charge is -2.33. The Bertz CT molecular complexity index is 832. The third-order valence-electron chi connectivity index (χ3n) is 5.75. The lowest BCUT2D eigenvalue weighted by Crippen LogP contribution is -2.44. The topological polar surface area (TPSA) is 70.6 Å². The number of nitrogens with one attached hydrogen (secondary N) is 1. The number of morpholine rings is 1. The minimum Gasteiger partial charge on any atom is -0.379 e.